The fourth-order valence-corrected chi connectivity index (χ4v) is 4.25. The van der Waals surface area contributed by atoms with Crippen molar-refractivity contribution in [2.75, 3.05) is 6.61 Å². The van der Waals surface area contributed by atoms with Gasteiger partial charge in [-0.3, -0.25) is 14.5 Å². The number of phosphoric ester groups is 1. The number of nitrogens with one attached hydrogen (secondary N) is 1. The van der Waals surface area contributed by atoms with E-state index in [-0.39, 0.29) is 18.3 Å². The third kappa shape index (κ3) is 5.71. The molecule has 3 heterocycles. The van der Waals surface area contributed by atoms with Gasteiger partial charge in [0.15, 0.2) is 17.8 Å². The molecule has 1 fully saturated rings. The van der Waals surface area contributed by atoms with Crippen LogP contribution in [0.1, 0.15) is 24.6 Å². The zero-order valence-electron chi connectivity index (χ0n) is 17.0. The largest absolute Gasteiger partial charge is 0.750 e. The first-order chi connectivity index (χ1) is 15.6. The van der Waals surface area contributed by atoms with E-state index in [9.17, 15) is 9.13 Å². The Bertz CT molecular complexity index is 1260. The molecule has 0 amide bonds. The molecule has 33 heavy (non-hydrogen) atoms. The highest BCUT2D eigenvalue weighted by Crippen LogP contribution is 2.42. The lowest BCUT2D eigenvalue weighted by Gasteiger charge is -2.17. The SMILES string of the molecule is N=c1c2ccc([C@H]3CC[C@@](F)(CO[P+](=O)Oc4ccccc4)O3)n2ncn1COP(=O)(O)O. The number of alkyl halides is 1. The van der Waals surface area contributed by atoms with Crippen molar-refractivity contribution in [2.24, 2.45) is 0 Å². The molecule has 12 nitrogen and oxygen atoms in total. The molecule has 1 aromatic carbocycles. The van der Waals surface area contributed by atoms with Gasteiger partial charge in [0, 0.05) is 11.0 Å². The van der Waals surface area contributed by atoms with Crippen LogP contribution in [-0.4, -0.2) is 36.4 Å². The van der Waals surface area contributed by atoms with Crippen LogP contribution < -0.4 is 10.0 Å². The molecular formula is C18H20FN4O8P2+. The third-order valence-corrected chi connectivity index (χ3v) is 6.01. The summed E-state index contributed by atoms with van der Waals surface area (Å²) in [5.41, 5.74) is 0.663. The lowest BCUT2D eigenvalue weighted by Crippen LogP contribution is -2.28. The Morgan fingerprint density at radius 1 is 1.30 bits per heavy atom. The molecule has 0 spiro atoms. The number of hydrogen-bond acceptors (Lipinski definition) is 8. The summed E-state index contributed by atoms with van der Waals surface area (Å²) in [5, 5.41) is 12.3. The highest BCUT2D eigenvalue weighted by molar-refractivity contribution is 7.46. The van der Waals surface area contributed by atoms with Crippen LogP contribution in [0.3, 0.4) is 0 Å². The van der Waals surface area contributed by atoms with Gasteiger partial charge in [-0.25, -0.2) is 18.0 Å². The second kappa shape index (κ2) is 9.40. The number of para-hydroxylation sites is 1. The first-order valence-corrected chi connectivity index (χ1v) is 12.3. The molecule has 1 unspecified atom stereocenters. The van der Waals surface area contributed by atoms with Crippen molar-refractivity contribution in [3.05, 3.63) is 60.0 Å². The smallest absolute Gasteiger partial charge is 0.334 e. The highest BCUT2D eigenvalue weighted by Gasteiger charge is 2.45. The van der Waals surface area contributed by atoms with Crippen molar-refractivity contribution >= 4 is 21.6 Å². The Balaban J connectivity index is 1.41. The van der Waals surface area contributed by atoms with Gasteiger partial charge >= 0.3 is 16.1 Å². The molecule has 176 valence electrons. The minimum atomic E-state index is -4.71. The van der Waals surface area contributed by atoms with Gasteiger partial charge in [0.1, 0.15) is 24.7 Å². The summed E-state index contributed by atoms with van der Waals surface area (Å²) in [6.45, 7) is -1.16. The quantitative estimate of drug-likeness (QED) is 0.375. The van der Waals surface area contributed by atoms with Crippen LogP contribution in [0.5, 0.6) is 5.75 Å². The monoisotopic (exact) mass is 501 g/mol. The summed E-state index contributed by atoms with van der Waals surface area (Å²) >= 11 is 0. The zero-order chi connectivity index (χ0) is 23.6. The molecule has 3 aromatic rings. The fourth-order valence-electron chi connectivity index (χ4n) is 3.33. The Labute approximate surface area is 187 Å². The standard InChI is InChI=1S/C18H19FN4O8P2/c19-18(10-28-32(24)31-13-4-2-1-3-5-13)9-8-16(30-18)14-6-7-15-17(20)22(11-21-23(14)15)12-29-33(25,26)27/h1-7,11,16,20H,8-10,12H2,(H-,25,26,27)/p+1/t16-,18+/m1/s1. The number of phosphoric acid groups is 1. The van der Waals surface area contributed by atoms with Crippen LogP contribution in [-0.2, 0) is 29.6 Å². The van der Waals surface area contributed by atoms with Crippen molar-refractivity contribution in [3.63, 3.8) is 0 Å². The van der Waals surface area contributed by atoms with E-state index < -0.39 is 41.4 Å². The van der Waals surface area contributed by atoms with Crippen molar-refractivity contribution in [1.29, 1.82) is 5.41 Å². The van der Waals surface area contributed by atoms with E-state index in [4.69, 9.17) is 29.0 Å². The number of fused-ring (bicyclic) bond motifs is 1. The summed E-state index contributed by atoms with van der Waals surface area (Å²) in [5.74, 6) is -1.85. The maximum Gasteiger partial charge on any atom is 0.750 e. The summed E-state index contributed by atoms with van der Waals surface area (Å²) in [4.78, 5) is 17.7. The van der Waals surface area contributed by atoms with E-state index in [0.717, 1.165) is 4.57 Å². The minimum absolute atomic E-state index is 0.0178. The Morgan fingerprint density at radius 2 is 2.06 bits per heavy atom. The molecule has 1 saturated heterocycles. The Hall–Kier alpha value is -2.50. The number of hydrogen-bond donors (Lipinski definition) is 3. The summed E-state index contributed by atoms with van der Waals surface area (Å²) in [7, 11) is -7.31. The van der Waals surface area contributed by atoms with Gasteiger partial charge in [-0.1, -0.05) is 18.2 Å². The molecule has 0 bridgehead atoms. The third-order valence-electron chi connectivity index (χ3n) is 4.86. The van der Waals surface area contributed by atoms with Gasteiger partial charge in [0.25, 0.3) is 0 Å². The summed E-state index contributed by atoms with van der Waals surface area (Å²) in [6, 6.07) is 11.5. The number of halogens is 1. The highest BCUT2D eigenvalue weighted by atomic mass is 31.2. The van der Waals surface area contributed by atoms with E-state index in [2.05, 4.69) is 9.62 Å². The van der Waals surface area contributed by atoms with E-state index in [1.54, 1.807) is 42.5 Å². The van der Waals surface area contributed by atoms with Crippen molar-refractivity contribution in [2.45, 2.75) is 31.5 Å². The van der Waals surface area contributed by atoms with Crippen LogP contribution in [0.2, 0.25) is 0 Å². The van der Waals surface area contributed by atoms with Crippen LogP contribution in [0.15, 0.2) is 48.8 Å². The molecule has 0 radical (unpaired) electrons. The molecule has 0 saturated carbocycles. The normalized spacial score (nSPS) is 21.4. The van der Waals surface area contributed by atoms with Gasteiger partial charge in [-0.15, -0.1) is 4.52 Å². The summed E-state index contributed by atoms with van der Waals surface area (Å²) < 4.78 is 60.5. The van der Waals surface area contributed by atoms with Gasteiger partial charge in [0.2, 0.25) is 5.85 Å². The molecule has 1 aliphatic heterocycles. The number of benzene rings is 1. The first kappa shape index (κ1) is 23.7. The zero-order valence-corrected chi connectivity index (χ0v) is 18.8. The van der Waals surface area contributed by atoms with Crippen LogP contribution in [0.4, 0.5) is 4.39 Å². The maximum atomic E-state index is 15.1. The Kier molecular flexibility index (Phi) is 6.73. The Morgan fingerprint density at radius 3 is 2.79 bits per heavy atom. The number of nitrogens with zero attached hydrogens (tertiary/aromatic N) is 3. The average molecular weight is 501 g/mol. The van der Waals surface area contributed by atoms with Crippen LogP contribution in [0, 0.1) is 5.41 Å². The lowest BCUT2D eigenvalue weighted by atomic mass is 10.1. The van der Waals surface area contributed by atoms with Gasteiger partial charge < -0.3 is 14.5 Å². The molecule has 0 aliphatic carbocycles. The molecule has 4 rings (SSSR count). The fraction of sp³-hybridized carbons (Fsp3) is 0.333. The molecule has 3 N–H and O–H groups in total. The van der Waals surface area contributed by atoms with E-state index in [1.807, 2.05) is 0 Å². The minimum Gasteiger partial charge on any atom is -0.334 e. The van der Waals surface area contributed by atoms with Crippen molar-refractivity contribution in [3.8, 4) is 5.75 Å². The van der Waals surface area contributed by atoms with Gasteiger partial charge in [0.05, 0.1) is 5.69 Å². The van der Waals surface area contributed by atoms with Crippen molar-refractivity contribution < 1.29 is 41.6 Å². The van der Waals surface area contributed by atoms with E-state index in [1.165, 1.54) is 10.8 Å². The van der Waals surface area contributed by atoms with E-state index >= 15 is 4.39 Å². The van der Waals surface area contributed by atoms with Gasteiger partial charge in [-0.2, -0.15) is 5.10 Å². The van der Waals surface area contributed by atoms with Crippen LogP contribution >= 0.6 is 16.1 Å². The molecule has 2 aromatic heterocycles. The first-order valence-electron chi connectivity index (χ1n) is 9.65. The predicted molar refractivity (Wildman–Crippen MR) is 110 cm³/mol. The van der Waals surface area contributed by atoms with Crippen molar-refractivity contribution in [1.82, 2.24) is 14.2 Å². The summed E-state index contributed by atoms with van der Waals surface area (Å²) in [6.07, 6.45) is 0.730. The van der Waals surface area contributed by atoms with Crippen LogP contribution in [0.25, 0.3) is 5.52 Å². The van der Waals surface area contributed by atoms with Gasteiger partial charge in [-0.05, 0) is 30.7 Å². The topological polar surface area (TPSA) is 158 Å². The lowest BCUT2D eigenvalue weighted by molar-refractivity contribution is -0.156. The molecular weight excluding hydrogens is 481 g/mol. The average Bonchev–Trinajstić information content (AvgIpc) is 3.36. The number of rotatable bonds is 9. The second-order valence-corrected chi connectivity index (χ2v) is 9.31. The second-order valence-electron chi connectivity index (χ2n) is 7.18. The maximum absolute atomic E-state index is 15.1. The number of aromatic nitrogens is 3. The molecule has 3 atom stereocenters. The molecule has 15 heteroatoms. The number of ether oxygens (including phenoxy) is 1. The van der Waals surface area contributed by atoms with E-state index in [0.29, 0.717) is 17.0 Å². The molecule has 1 aliphatic rings. The predicted octanol–water partition coefficient (Wildman–Crippen LogP) is 2.95.